The van der Waals surface area contributed by atoms with Crippen molar-refractivity contribution in [2.24, 2.45) is 14.1 Å². The summed E-state index contributed by atoms with van der Waals surface area (Å²) < 4.78 is 27.4. The SMILES string of the molecule is CC(C(=O)N(C)Cc1ccccc1)S(=O)(=O)Cc1cc(=O)n(C)c(=O)n1C. The van der Waals surface area contributed by atoms with Crippen LogP contribution < -0.4 is 11.2 Å². The Bertz CT molecular complexity index is 1050. The third kappa shape index (κ3) is 4.54. The minimum Gasteiger partial charge on any atom is -0.340 e. The van der Waals surface area contributed by atoms with Crippen LogP contribution in [0.5, 0.6) is 0 Å². The van der Waals surface area contributed by atoms with Crippen molar-refractivity contribution >= 4 is 15.7 Å². The van der Waals surface area contributed by atoms with Crippen molar-refractivity contribution in [3.05, 3.63) is 68.5 Å². The Morgan fingerprint density at radius 1 is 1.11 bits per heavy atom. The topological polar surface area (TPSA) is 98.5 Å². The number of carbonyl (C=O) groups is 1. The molecule has 9 heteroatoms. The molecule has 8 nitrogen and oxygen atoms in total. The van der Waals surface area contributed by atoms with Gasteiger partial charge in [-0.25, -0.2) is 13.2 Å². The lowest BCUT2D eigenvalue weighted by Crippen LogP contribution is -2.41. The quantitative estimate of drug-likeness (QED) is 0.690. The van der Waals surface area contributed by atoms with E-state index in [1.54, 1.807) is 0 Å². The summed E-state index contributed by atoms with van der Waals surface area (Å²) in [6, 6.07) is 10.3. The van der Waals surface area contributed by atoms with Gasteiger partial charge in [0.1, 0.15) is 5.25 Å². The van der Waals surface area contributed by atoms with E-state index < -0.39 is 38.0 Å². The van der Waals surface area contributed by atoms with E-state index in [-0.39, 0.29) is 12.2 Å². The van der Waals surface area contributed by atoms with Gasteiger partial charge in [0.15, 0.2) is 9.84 Å². The van der Waals surface area contributed by atoms with Crippen LogP contribution in [0.15, 0.2) is 46.0 Å². The summed E-state index contributed by atoms with van der Waals surface area (Å²) in [6.07, 6.45) is 0. The van der Waals surface area contributed by atoms with E-state index in [1.807, 2.05) is 30.3 Å². The molecule has 1 unspecified atom stereocenters. The number of aromatic nitrogens is 2. The first kappa shape index (κ1) is 20.6. The normalized spacial score (nSPS) is 12.6. The standard InChI is InChI=1S/C18H23N3O5S/c1-13(17(23)19(2)11-14-8-6-5-7-9-14)27(25,26)12-15-10-16(22)21(4)18(24)20(15)3/h5-10,13H,11-12H2,1-4H3. The molecule has 2 rings (SSSR count). The van der Waals surface area contributed by atoms with Gasteiger partial charge in [-0.1, -0.05) is 30.3 Å². The van der Waals surface area contributed by atoms with Crippen LogP contribution >= 0.6 is 0 Å². The van der Waals surface area contributed by atoms with Crippen LogP contribution in [0.4, 0.5) is 0 Å². The van der Waals surface area contributed by atoms with Crippen molar-refractivity contribution in [3.8, 4) is 0 Å². The van der Waals surface area contributed by atoms with Crippen LogP contribution in [0.3, 0.4) is 0 Å². The Hall–Kier alpha value is -2.68. The molecule has 146 valence electrons. The van der Waals surface area contributed by atoms with Crippen LogP contribution in [0, 0.1) is 0 Å². The van der Waals surface area contributed by atoms with Crippen molar-refractivity contribution in [2.45, 2.75) is 24.5 Å². The summed E-state index contributed by atoms with van der Waals surface area (Å²) in [5, 5.41) is -1.30. The average molecular weight is 393 g/mol. The van der Waals surface area contributed by atoms with Gasteiger partial charge in [0.05, 0.1) is 5.75 Å². The predicted octanol–water partition coefficient (Wildman–Crippen LogP) is 0.0459. The molecule has 2 aromatic rings. The van der Waals surface area contributed by atoms with Gasteiger partial charge in [-0.3, -0.25) is 18.7 Å². The van der Waals surface area contributed by atoms with E-state index in [1.165, 1.54) is 33.0 Å². The van der Waals surface area contributed by atoms with E-state index in [0.29, 0.717) is 0 Å². The first-order valence-corrected chi connectivity index (χ1v) is 10.0. The number of hydrogen-bond donors (Lipinski definition) is 0. The number of carbonyl (C=O) groups excluding carboxylic acids is 1. The molecule has 1 amide bonds. The highest BCUT2D eigenvalue weighted by atomic mass is 32.2. The summed E-state index contributed by atoms with van der Waals surface area (Å²) >= 11 is 0. The summed E-state index contributed by atoms with van der Waals surface area (Å²) in [7, 11) is 0.322. The van der Waals surface area contributed by atoms with E-state index in [4.69, 9.17) is 0 Å². The third-order valence-corrected chi connectivity index (χ3v) is 6.48. The molecule has 1 atom stereocenters. The molecule has 0 saturated carbocycles. The lowest BCUT2D eigenvalue weighted by Gasteiger charge is -2.22. The molecule has 1 aromatic carbocycles. The van der Waals surface area contributed by atoms with Crippen molar-refractivity contribution in [1.29, 1.82) is 0 Å². The zero-order valence-corrected chi connectivity index (χ0v) is 16.6. The second-order valence-corrected chi connectivity index (χ2v) is 8.83. The highest BCUT2D eigenvalue weighted by Crippen LogP contribution is 2.13. The summed E-state index contributed by atoms with van der Waals surface area (Å²) in [5.74, 6) is -1.12. The van der Waals surface area contributed by atoms with Gasteiger partial charge in [0, 0.05) is 39.4 Å². The smallest absolute Gasteiger partial charge is 0.330 e. The lowest BCUT2D eigenvalue weighted by molar-refractivity contribution is -0.129. The van der Waals surface area contributed by atoms with Gasteiger partial charge in [-0.2, -0.15) is 0 Å². The molecule has 27 heavy (non-hydrogen) atoms. The number of rotatable bonds is 6. The first-order chi connectivity index (χ1) is 12.5. The maximum absolute atomic E-state index is 12.7. The molecule has 0 spiro atoms. The Morgan fingerprint density at radius 3 is 2.30 bits per heavy atom. The molecule has 0 radical (unpaired) electrons. The molecule has 1 heterocycles. The molecule has 0 aliphatic heterocycles. The van der Waals surface area contributed by atoms with Crippen LogP contribution in [0.2, 0.25) is 0 Å². The molecular formula is C18H23N3O5S. The maximum Gasteiger partial charge on any atom is 0.330 e. The van der Waals surface area contributed by atoms with E-state index in [0.717, 1.165) is 20.8 Å². The minimum absolute atomic E-state index is 0.0495. The van der Waals surface area contributed by atoms with Gasteiger partial charge < -0.3 is 4.90 Å². The number of nitrogens with zero attached hydrogens (tertiary/aromatic N) is 3. The summed E-state index contributed by atoms with van der Waals surface area (Å²) in [6.45, 7) is 1.60. The zero-order valence-electron chi connectivity index (χ0n) is 15.7. The Morgan fingerprint density at radius 2 is 1.70 bits per heavy atom. The molecule has 0 saturated heterocycles. The van der Waals surface area contributed by atoms with E-state index >= 15 is 0 Å². The second-order valence-electron chi connectivity index (χ2n) is 6.50. The van der Waals surface area contributed by atoms with E-state index in [2.05, 4.69) is 0 Å². The van der Waals surface area contributed by atoms with Gasteiger partial charge >= 0.3 is 5.69 Å². The fraction of sp³-hybridized carbons (Fsp3) is 0.389. The van der Waals surface area contributed by atoms with Crippen molar-refractivity contribution in [2.75, 3.05) is 7.05 Å². The summed E-state index contributed by atoms with van der Waals surface area (Å²) in [5.41, 5.74) is -0.281. The van der Waals surface area contributed by atoms with Crippen LogP contribution in [0.1, 0.15) is 18.2 Å². The van der Waals surface area contributed by atoms with Gasteiger partial charge in [0.2, 0.25) is 5.91 Å². The van der Waals surface area contributed by atoms with Gasteiger partial charge in [0.25, 0.3) is 5.56 Å². The number of hydrogen-bond acceptors (Lipinski definition) is 5. The summed E-state index contributed by atoms with van der Waals surface area (Å²) in [4.78, 5) is 37.7. The highest BCUT2D eigenvalue weighted by molar-refractivity contribution is 7.92. The van der Waals surface area contributed by atoms with E-state index in [9.17, 15) is 22.8 Å². The van der Waals surface area contributed by atoms with Crippen molar-refractivity contribution in [1.82, 2.24) is 14.0 Å². The van der Waals surface area contributed by atoms with Crippen molar-refractivity contribution < 1.29 is 13.2 Å². The molecule has 1 aromatic heterocycles. The van der Waals surface area contributed by atoms with Gasteiger partial charge in [-0.05, 0) is 12.5 Å². The third-order valence-electron chi connectivity index (χ3n) is 4.50. The van der Waals surface area contributed by atoms with Gasteiger partial charge in [-0.15, -0.1) is 0 Å². The predicted molar refractivity (Wildman–Crippen MR) is 102 cm³/mol. The molecule has 0 fully saturated rings. The highest BCUT2D eigenvalue weighted by Gasteiger charge is 2.31. The first-order valence-electron chi connectivity index (χ1n) is 8.31. The fourth-order valence-electron chi connectivity index (χ4n) is 2.65. The molecule has 0 bridgehead atoms. The van der Waals surface area contributed by atoms with Crippen LogP contribution in [-0.4, -0.2) is 40.7 Å². The molecule has 0 aliphatic rings. The lowest BCUT2D eigenvalue weighted by atomic mass is 10.2. The largest absolute Gasteiger partial charge is 0.340 e. The van der Waals surface area contributed by atoms with Crippen LogP contribution in [0.25, 0.3) is 0 Å². The Labute approximate surface area is 157 Å². The number of amides is 1. The van der Waals surface area contributed by atoms with Crippen LogP contribution in [-0.2, 0) is 41.0 Å². The number of sulfone groups is 1. The average Bonchev–Trinajstić information content (AvgIpc) is 2.63. The minimum atomic E-state index is -3.92. The number of benzene rings is 1. The maximum atomic E-state index is 12.7. The fourth-order valence-corrected chi connectivity index (χ4v) is 4.07. The monoisotopic (exact) mass is 393 g/mol. The molecule has 0 N–H and O–H groups in total. The van der Waals surface area contributed by atoms with Crippen molar-refractivity contribution in [3.63, 3.8) is 0 Å². The molecular weight excluding hydrogens is 370 g/mol. The second kappa shape index (κ2) is 7.91. The Kier molecular flexibility index (Phi) is 6.04. The Balaban J connectivity index is 2.22. The zero-order chi connectivity index (χ0) is 20.4. The molecule has 0 aliphatic carbocycles.